The van der Waals surface area contributed by atoms with Crippen LogP contribution in [0, 0.1) is 0 Å². The number of amides is 3. The van der Waals surface area contributed by atoms with Gasteiger partial charge in [0, 0.05) is 17.1 Å². The minimum atomic E-state index is -0.418. The standard InChI is InChI=1S/C15H14BrN3O3S/c1-17(2)7-19-14(21)12(23-15(19)22)11-9-6-8(16)4-5-10(9)18(3)13(11)20/h4-6H,7H2,1-3H3/b12-11-. The van der Waals surface area contributed by atoms with Crippen LogP contribution in [0.15, 0.2) is 27.6 Å². The van der Waals surface area contributed by atoms with E-state index in [1.807, 2.05) is 12.1 Å². The molecule has 1 aromatic rings. The second kappa shape index (κ2) is 5.77. The first kappa shape index (κ1) is 16.2. The minimum Gasteiger partial charge on any atom is -0.311 e. The maximum Gasteiger partial charge on any atom is 0.294 e. The van der Waals surface area contributed by atoms with Crippen LogP contribution in [0.5, 0.6) is 0 Å². The molecule has 3 rings (SSSR count). The summed E-state index contributed by atoms with van der Waals surface area (Å²) in [5, 5.41) is -0.356. The molecule has 0 bridgehead atoms. The van der Waals surface area contributed by atoms with Crippen LogP contribution in [-0.2, 0) is 9.59 Å². The van der Waals surface area contributed by atoms with Crippen LogP contribution in [0.3, 0.4) is 0 Å². The van der Waals surface area contributed by atoms with Gasteiger partial charge in [-0.3, -0.25) is 24.2 Å². The van der Waals surface area contributed by atoms with E-state index in [4.69, 9.17) is 0 Å². The van der Waals surface area contributed by atoms with E-state index in [1.54, 1.807) is 32.1 Å². The number of carbonyl (C=O) groups excluding carboxylic acids is 3. The van der Waals surface area contributed by atoms with Gasteiger partial charge in [0.25, 0.3) is 17.1 Å². The number of imide groups is 1. The zero-order valence-corrected chi connectivity index (χ0v) is 15.2. The Hall–Kier alpha value is -1.64. The summed E-state index contributed by atoms with van der Waals surface area (Å²) in [6.07, 6.45) is 0. The molecule has 1 fully saturated rings. The molecular weight excluding hydrogens is 382 g/mol. The van der Waals surface area contributed by atoms with Gasteiger partial charge in [-0.15, -0.1) is 0 Å². The number of thioether (sulfide) groups is 1. The number of nitrogens with zero attached hydrogens (tertiary/aromatic N) is 3. The third kappa shape index (κ3) is 2.60. The van der Waals surface area contributed by atoms with Crippen LogP contribution in [0.4, 0.5) is 10.5 Å². The number of anilines is 1. The molecule has 8 heteroatoms. The molecule has 0 radical (unpaired) electrons. The number of likely N-dealkylation sites (N-methyl/N-ethyl adjacent to an activating group) is 1. The van der Waals surface area contributed by atoms with Gasteiger partial charge >= 0.3 is 0 Å². The maximum atomic E-state index is 12.6. The van der Waals surface area contributed by atoms with Crippen LogP contribution in [-0.4, -0.2) is 54.7 Å². The highest BCUT2D eigenvalue weighted by Gasteiger charge is 2.42. The molecular formula is C15H14BrN3O3S. The van der Waals surface area contributed by atoms with Gasteiger partial charge in [-0.2, -0.15) is 0 Å². The van der Waals surface area contributed by atoms with E-state index in [9.17, 15) is 14.4 Å². The van der Waals surface area contributed by atoms with Crippen LogP contribution < -0.4 is 4.90 Å². The van der Waals surface area contributed by atoms with Crippen molar-refractivity contribution in [2.24, 2.45) is 0 Å². The number of hydrogen-bond acceptors (Lipinski definition) is 5. The molecule has 1 saturated heterocycles. The van der Waals surface area contributed by atoms with E-state index in [-0.39, 0.29) is 22.7 Å². The highest BCUT2D eigenvalue weighted by molar-refractivity contribution is 9.10. The Morgan fingerprint density at radius 2 is 1.87 bits per heavy atom. The lowest BCUT2D eigenvalue weighted by atomic mass is 10.1. The molecule has 2 aliphatic heterocycles. The number of carbonyl (C=O) groups is 3. The monoisotopic (exact) mass is 395 g/mol. The van der Waals surface area contributed by atoms with Crippen molar-refractivity contribution in [3.63, 3.8) is 0 Å². The third-order valence-electron chi connectivity index (χ3n) is 3.61. The molecule has 2 aliphatic rings. The van der Waals surface area contributed by atoms with Crippen LogP contribution >= 0.6 is 27.7 Å². The predicted octanol–water partition coefficient (Wildman–Crippen LogP) is 2.35. The lowest BCUT2D eigenvalue weighted by Crippen LogP contribution is -2.36. The predicted molar refractivity (Wildman–Crippen MR) is 92.9 cm³/mol. The summed E-state index contributed by atoms with van der Waals surface area (Å²) in [6.45, 7) is 0.191. The highest BCUT2D eigenvalue weighted by Crippen LogP contribution is 2.44. The third-order valence-corrected chi connectivity index (χ3v) is 5.08. The van der Waals surface area contributed by atoms with Gasteiger partial charge in [0.2, 0.25) is 0 Å². The molecule has 0 atom stereocenters. The number of fused-ring (bicyclic) bond motifs is 1. The summed E-state index contributed by atoms with van der Waals surface area (Å²) in [5.74, 6) is -0.688. The lowest BCUT2D eigenvalue weighted by molar-refractivity contribution is -0.124. The van der Waals surface area contributed by atoms with Crippen LogP contribution in [0.2, 0.25) is 0 Å². The van der Waals surface area contributed by atoms with Crippen molar-refractivity contribution in [3.05, 3.63) is 33.1 Å². The van der Waals surface area contributed by atoms with Crippen molar-refractivity contribution < 1.29 is 14.4 Å². The van der Waals surface area contributed by atoms with E-state index in [2.05, 4.69) is 15.9 Å². The number of benzene rings is 1. The van der Waals surface area contributed by atoms with Crippen molar-refractivity contribution in [2.45, 2.75) is 0 Å². The normalized spacial score (nSPS) is 21.0. The summed E-state index contributed by atoms with van der Waals surface area (Å²) < 4.78 is 0.810. The van der Waals surface area contributed by atoms with Gasteiger partial charge < -0.3 is 4.90 Å². The molecule has 0 unspecified atom stereocenters. The van der Waals surface area contributed by atoms with Gasteiger partial charge in [0.05, 0.1) is 22.8 Å². The number of rotatable bonds is 2. The summed E-state index contributed by atoms with van der Waals surface area (Å²) >= 11 is 4.21. The van der Waals surface area contributed by atoms with Crippen molar-refractivity contribution in [1.29, 1.82) is 0 Å². The molecule has 0 N–H and O–H groups in total. The molecule has 2 heterocycles. The largest absolute Gasteiger partial charge is 0.311 e. The Balaban J connectivity index is 2.13. The SMILES string of the molecule is CN(C)CN1C(=O)S/C(=C2\C(=O)N(C)c3ccc(Br)cc32)C1=O. The Bertz CT molecular complexity index is 775. The molecule has 6 nitrogen and oxygen atoms in total. The average molecular weight is 396 g/mol. The summed E-state index contributed by atoms with van der Waals surface area (Å²) in [5.41, 5.74) is 1.70. The van der Waals surface area contributed by atoms with Gasteiger partial charge in [0.15, 0.2) is 0 Å². The zero-order valence-electron chi connectivity index (χ0n) is 12.8. The fourth-order valence-electron chi connectivity index (χ4n) is 2.57. The average Bonchev–Trinajstić information content (AvgIpc) is 2.87. The Kier molecular flexibility index (Phi) is 4.07. The molecule has 1 aromatic carbocycles. The smallest absolute Gasteiger partial charge is 0.294 e. The molecule has 3 amide bonds. The van der Waals surface area contributed by atoms with Gasteiger partial charge in [-0.05, 0) is 44.1 Å². The van der Waals surface area contributed by atoms with E-state index in [1.165, 1.54) is 4.90 Å². The van der Waals surface area contributed by atoms with E-state index >= 15 is 0 Å². The number of halogens is 1. The Labute approximate surface area is 146 Å². The molecule has 0 spiro atoms. The van der Waals surface area contributed by atoms with Crippen molar-refractivity contribution in [2.75, 3.05) is 32.7 Å². The van der Waals surface area contributed by atoms with Crippen molar-refractivity contribution >= 4 is 56.0 Å². The molecule has 23 heavy (non-hydrogen) atoms. The second-order valence-electron chi connectivity index (χ2n) is 5.55. The zero-order chi connectivity index (χ0) is 16.9. The van der Waals surface area contributed by atoms with E-state index in [0.717, 1.165) is 26.8 Å². The number of hydrogen-bond donors (Lipinski definition) is 0. The highest BCUT2D eigenvalue weighted by atomic mass is 79.9. The Morgan fingerprint density at radius 3 is 2.52 bits per heavy atom. The second-order valence-corrected chi connectivity index (χ2v) is 7.43. The summed E-state index contributed by atoms with van der Waals surface area (Å²) in [4.78, 5) is 41.9. The lowest BCUT2D eigenvalue weighted by Gasteiger charge is -2.17. The molecule has 0 aromatic heterocycles. The first-order chi connectivity index (χ1) is 10.8. The molecule has 120 valence electrons. The van der Waals surface area contributed by atoms with Crippen LogP contribution in [0.25, 0.3) is 5.57 Å². The summed E-state index contributed by atoms with van der Waals surface area (Å²) in [6, 6.07) is 5.45. The van der Waals surface area contributed by atoms with E-state index < -0.39 is 5.91 Å². The van der Waals surface area contributed by atoms with Crippen molar-refractivity contribution in [1.82, 2.24) is 9.80 Å². The topological polar surface area (TPSA) is 60.9 Å². The first-order valence-corrected chi connectivity index (χ1v) is 8.43. The first-order valence-electron chi connectivity index (χ1n) is 6.82. The molecule has 0 saturated carbocycles. The maximum absolute atomic E-state index is 12.6. The fourth-order valence-corrected chi connectivity index (χ4v) is 3.85. The van der Waals surface area contributed by atoms with Crippen molar-refractivity contribution in [3.8, 4) is 0 Å². The quantitative estimate of drug-likeness (QED) is 0.719. The van der Waals surface area contributed by atoms with E-state index in [0.29, 0.717) is 11.1 Å². The fraction of sp³-hybridized carbons (Fsp3) is 0.267. The Morgan fingerprint density at radius 1 is 1.17 bits per heavy atom. The van der Waals surface area contributed by atoms with Gasteiger partial charge in [-0.1, -0.05) is 15.9 Å². The van der Waals surface area contributed by atoms with Gasteiger partial charge in [0.1, 0.15) is 0 Å². The summed E-state index contributed by atoms with van der Waals surface area (Å²) in [7, 11) is 5.21. The van der Waals surface area contributed by atoms with Crippen LogP contribution in [0.1, 0.15) is 5.56 Å². The van der Waals surface area contributed by atoms with Gasteiger partial charge in [-0.25, -0.2) is 0 Å². The minimum absolute atomic E-state index is 0.191. The molecule has 0 aliphatic carbocycles.